The molecule has 0 heterocycles. The predicted octanol–water partition coefficient (Wildman–Crippen LogP) is 2.53. The second kappa shape index (κ2) is 7.13. The average molecular weight is 329 g/mol. The summed E-state index contributed by atoms with van der Waals surface area (Å²) in [6.45, 7) is 2.04. The van der Waals surface area contributed by atoms with Crippen LogP contribution in [0.1, 0.15) is 37.8 Å². The molecule has 0 radical (unpaired) electrons. The van der Waals surface area contributed by atoms with Gasteiger partial charge in [0.1, 0.15) is 0 Å². The summed E-state index contributed by atoms with van der Waals surface area (Å²) in [5.74, 6) is 0. The lowest BCUT2D eigenvalue weighted by molar-refractivity contribution is 0.555. The van der Waals surface area contributed by atoms with Gasteiger partial charge in [-0.15, -0.1) is 0 Å². The van der Waals surface area contributed by atoms with Crippen LogP contribution in [0.3, 0.4) is 0 Å². The van der Waals surface area contributed by atoms with E-state index in [0.29, 0.717) is 10.1 Å². The maximum Gasteiger partial charge on any atom is 0.240 e. The lowest BCUT2D eigenvalue weighted by atomic mass is 10.1. The van der Waals surface area contributed by atoms with E-state index in [1.54, 1.807) is 23.9 Å². The molecule has 1 aromatic carbocycles. The molecule has 0 spiro atoms. The molecule has 2 rings (SSSR count). The summed E-state index contributed by atoms with van der Waals surface area (Å²) in [6.07, 6.45) is 5.16. The summed E-state index contributed by atoms with van der Waals surface area (Å²) < 4.78 is 27.8. The molecule has 1 aliphatic rings. The van der Waals surface area contributed by atoms with Crippen molar-refractivity contribution in [2.45, 2.75) is 48.4 Å². The molecular formula is C15H24N2O2S2. The largest absolute Gasteiger partial charge is 0.313 e. The lowest BCUT2D eigenvalue weighted by Crippen LogP contribution is -2.38. The van der Waals surface area contributed by atoms with Gasteiger partial charge < -0.3 is 5.32 Å². The zero-order chi connectivity index (χ0) is 15.5. The normalized spacial score (nSPS) is 24.1. The molecule has 118 valence electrons. The number of rotatable bonds is 6. The van der Waals surface area contributed by atoms with E-state index in [1.807, 2.05) is 32.4 Å². The number of benzene rings is 1. The average Bonchev–Trinajstić information content (AvgIpc) is 2.93. The van der Waals surface area contributed by atoms with Crippen LogP contribution in [-0.4, -0.2) is 33.0 Å². The Bertz CT molecular complexity index is 558. The van der Waals surface area contributed by atoms with Crippen LogP contribution in [0, 0.1) is 0 Å². The van der Waals surface area contributed by atoms with Gasteiger partial charge in [0.05, 0.1) is 4.90 Å². The Kier molecular flexibility index (Phi) is 5.71. The van der Waals surface area contributed by atoms with Crippen LogP contribution in [0.15, 0.2) is 29.2 Å². The van der Waals surface area contributed by atoms with Crippen LogP contribution in [0.4, 0.5) is 0 Å². The first kappa shape index (κ1) is 16.8. The van der Waals surface area contributed by atoms with E-state index in [1.165, 1.54) is 0 Å². The Morgan fingerprint density at radius 1 is 1.24 bits per heavy atom. The van der Waals surface area contributed by atoms with Gasteiger partial charge in [-0.05, 0) is 50.8 Å². The van der Waals surface area contributed by atoms with Crippen molar-refractivity contribution in [3.8, 4) is 0 Å². The molecule has 0 amide bonds. The number of thioether (sulfide) groups is 1. The lowest BCUT2D eigenvalue weighted by Gasteiger charge is -2.19. The minimum atomic E-state index is -3.42. The van der Waals surface area contributed by atoms with Crippen molar-refractivity contribution in [1.29, 1.82) is 0 Å². The van der Waals surface area contributed by atoms with Crippen LogP contribution < -0.4 is 10.0 Å². The highest BCUT2D eigenvalue weighted by molar-refractivity contribution is 7.99. The van der Waals surface area contributed by atoms with Crippen molar-refractivity contribution in [2.75, 3.05) is 13.3 Å². The summed E-state index contributed by atoms with van der Waals surface area (Å²) in [7, 11) is -1.53. The Morgan fingerprint density at radius 2 is 1.90 bits per heavy atom. The molecule has 6 heteroatoms. The third-order valence-corrected chi connectivity index (χ3v) is 6.86. The Labute approximate surface area is 132 Å². The van der Waals surface area contributed by atoms with Gasteiger partial charge in [-0.1, -0.05) is 18.6 Å². The van der Waals surface area contributed by atoms with Gasteiger partial charge in [-0.3, -0.25) is 0 Å². The Balaban J connectivity index is 2.12. The van der Waals surface area contributed by atoms with E-state index >= 15 is 0 Å². The number of hydrogen-bond donors (Lipinski definition) is 2. The van der Waals surface area contributed by atoms with Gasteiger partial charge >= 0.3 is 0 Å². The first-order valence-electron chi connectivity index (χ1n) is 7.30. The molecule has 1 aromatic rings. The Morgan fingerprint density at radius 3 is 2.48 bits per heavy atom. The molecule has 1 saturated carbocycles. The summed E-state index contributed by atoms with van der Waals surface area (Å²) in [4.78, 5) is 0.348. The van der Waals surface area contributed by atoms with Crippen LogP contribution in [0.5, 0.6) is 0 Å². The smallest absolute Gasteiger partial charge is 0.240 e. The zero-order valence-corrected chi connectivity index (χ0v) is 14.4. The molecule has 1 aliphatic carbocycles. The first-order chi connectivity index (χ1) is 9.97. The first-order valence-corrected chi connectivity index (χ1v) is 10.1. The topological polar surface area (TPSA) is 58.2 Å². The summed E-state index contributed by atoms with van der Waals surface area (Å²) in [5.41, 5.74) is 1.08. The SMILES string of the molecule is CNC(C)c1ccc(S(=O)(=O)NC2CCCC2SC)cc1. The fraction of sp³-hybridized carbons (Fsp3) is 0.600. The molecule has 3 unspecified atom stereocenters. The molecule has 21 heavy (non-hydrogen) atoms. The van der Waals surface area contributed by atoms with Crippen molar-refractivity contribution < 1.29 is 8.42 Å². The molecule has 2 N–H and O–H groups in total. The van der Waals surface area contributed by atoms with Crippen LogP contribution >= 0.6 is 11.8 Å². The van der Waals surface area contributed by atoms with E-state index in [4.69, 9.17) is 0 Å². The number of hydrogen-bond acceptors (Lipinski definition) is 4. The van der Waals surface area contributed by atoms with E-state index in [2.05, 4.69) is 10.0 Å². The van der Waals surface area contributed by atoms with Gasteiger partial charge in [0.2, 0.25) is 10.0 Å². The van der Waals surface area contributed by atoms with E-state index < -0.39 is 10.0 Å². The van der Waals surface area contributed by atoms with Gasteiger partial charge in [-0.2, -0.15) is 11.8 Å². The molecule has 0 aliphatic heterocycles. The highest BCUT2D eigenvalue weighted by atomic mass is 32.2. The van der Waals surface area contributed by atoms with Gasteiger partial charge in [-0.25, -0.2) is 13.1 Å². The molecule has 3 atom stereocenters. The monoisotopic (exact) mass is 328 g/mol. The van der Waals surface area contributed by atoms with E-state index in [9.17, 15) is 8.42 Å². The Hall–Kier alpha value is -0.560. The summed E-state index contributed by atoms with van der Waals surface area (Å²) in [6, 6.07) is 7.39. The molecule has 0 aromatic heterocycles. The van der Waals surface area contributed by atoms with Crippen LogP contribution in [0.25, 0.3) is 0 Å². The second-order valence-electron chi connectivity index (χ2n) is 5.51. The number of nitrogens with one attached hydrogen (secondary N) is 2. The standard InChI is InChI=1S/C15H24N2O2S2/c1-11(16-2)12-7-9-13(10-8-12)21(18,19)17-14-5-4-6-15(14)20-3/h7-11,14-17H,4-6H2,1-3H3. The van der Waals surface area contributed by atoms with Gasteiger partial charge in [0.25, 0.3) is 0 Å². The maximum atomic E-state index is 12.5. The van der Waals surface area contributed by atoms with Gasteiger partial charge in [0, 0.05) is 17.3 Å². The van der Waals surface area contributed by atoms with E-state index in [0.717, 1.165) is 24.8 Å². The van der Waals surface area contributed by atoms with Crippen LogP contribution in [-0.2, 0) is 10.0 Å². The molecule has 4 nitrogen and oxygen atoms in total. The van der Waals surface area contributed by atoms with Gasteiger partial charge in [0.15, 0.2) is 0 Å². The molecule has 0 bridgehead atoms. The number of sulfonamides is 1. The summed E-state index contributed by atoms with van der Waals surface area (Å²) in [5, 5.41) is 3.54. The van der Waals surface area contributed by atoms with Crippen molar-refractivity contribution in [3.63, 3.8) is 0 Å². The third kappa shape index (κ3) is 4.00. The zero-order valence-electron chi connectivity index (χ0n) is 12.8. The molecule has 1 fully saturated rings. The van der Waals surface area contributed by atoms with Crippen molar-refractivity contribution in [2.24, 2.45) is 0 Å². The fourth-order valence-electron chi connectivity index (χ4n) is 2.71. The highest BCUT2D eigenvalue weighted by Gasteiger charge is 2.30. The van der Waals surface area contributed by atoms with Crippen molar-refractivity contribution in [1.82, 2.24) is 10.0 Å². The molecule has 0 saturated heterocycles. The predicted molar refractivity (Wildman–Crippen MR) is 89.2 cm³/mol. The van der Waals surface area contributed by atoms with Crippen LogP contribution in [0.2, 0.25) is 0 Å². The third-order valence-electron chi connectivity index (χ3n) is 4.19. The fourth-order valence-corrected chi connectivity index (χ4v) is 5.04. The highest BCUT2D eigenvalue weighted by Crippen LogP contribution is 2.29. The summed E-state index contributed by atoms with van der Waals surface area (Å²) >= 11 is 1.75. The van der Waals surface area contributed by atoms with Crippen molar-refractivity contribution in [3.05, 3.63) is 29.8 Å². The quantitative estimate of drug-likeness (QED) is 0.842. The van der Waals surface area contributed by atoms with E-state index in [-0.39, 0.29) is 12.1 Å². The minimum absolute atomic E-state index is 0.0564. The maximum absolute atomic E-state index is 12.5. The molecular weight excluding hydrogens is 304 g/mol. The second-order valence-corrected chi connectivity index (χ2v) is 8.30. The van der Waals surface area contributed by atoms with Crippen molar-refractivity contribution >= 4 is 21.8 Å². The minimum Gasteiger partial charge on any atom is -0.313 e.